The monoisotopic (exact) mass is 340 g/mol. The SMILES string of the molecule is CCCCNC(=O)Nc1nc2ccc(-c3cncc(C)c3)cc2s1. The molecule has 2 aromatic heterocycles. The topological polar surface area (TPSA) is 66.9 Å². The number of thiazole rings is 1. The van der Waals surface area contributed by atoms with Gasteiger partial charge in [-0.25, -0.2) is 9.78 Å². The maximum atomic E-state index is 11.8. The van der Waals surface area contributed by atoms with Crippen molar-refractivity contribution in [3.8, 4) is 11.1 Å². The fraction of sp³-hybridized carbons (Fsp3) is 0.278. The Labute approximate surface area is 145 Å². The fourth-order valence-corrected chi connectivity index (χ4v) is 3.29. The summed E-state index contributed by atoms with van der Waals surface area (Å²) in [7, 11) is 0. The summed E-state index contributed by atoms with van der Waals surface area (Å²) in [6, 6.07) is 8.00. The van der Waals surface area contributed by atoms with Crippen LogP contribution in [0.5, 0.6) is 0 Å². The van der Waals surface area contributed by atoms with Crippen LogP contribution in [0.3, 0.4) is 0 Å². The van der Waals surface area contributed by atoms with Crippen molar-refractivity contribution >= 4 is 32.7 Å². The fourth-order valence-electron chi connectivity index (χ4n) is 2.39. The van der Waals surface area contributed by atoms with Gasteiger partial charge in [0.25, 0.3) is 0 Å². The van der Waals surface area contributed by atoms with Crippen molar-refractivity contribution < 1.29 is 4.79 Å². The van der Waals surface area contributed by atoms with E-state index in [0.29, 0.717) is 11.7 Å². The van der Waals surface area contributed by atoms with Gasteiger partial charge in [-0.05, 0) is 42.7 Å². The summed E-state index contributed by atoms with van der Waals surface area (Å²) in [6.45, 7) is 4.80. The van der Waals surface area contributed by atoms with Crippen molar-refractivity contribution in [2.24, 2.45) is 0 Å². The van der Waals surface area contributed by atoms with E-state index >= 15 is 0 Å². The van der Waals surface area contributed by atoms with Gasteiger partial charge in [-0.1, -0.05) is 30.7 Å². The number of anilines is 1. The van der Waals surface area contributed by atoms with Crippen molar-refractivity contribution in [1.29, 1.82) is 0 Å². The summed E-state index contributed by atoms with van der Waals surface area (Å²) in [4.78, 5) is 20.5. The van der Waals surface area contributed by atoms with Crippen LogP contribution in [-0.4, -0.2) is 22.5 Å². The molecule has 3 rings (SSSR count). The predicted molar refractivity (Wildman–Crippen MR) is 99.5 cm³/mol. The quantitative estimate of drug-likeness (QED) is 0.668. The number of aromatic nitrogens is 2. The lowest BCUT2D eigenvalue weighted by Crippen LogP contribution is -2.29. The van der Waals surface area contributed by atoms with Gasteiger partial charge >= 0.3 is 6.03 Å². The number of unbranched alkanes of at least 4 members (excludes halogenated alkanes) is 1. The first-order valence-electron chi connectivity index (χ1n) is 8.03. The molecule has 0 aliphatic carbocycles. The molecule has 0 spiro atoms. The van der Waals surface area contributed by atoms with Gasteiger partial charge in [0.15, 0.2) is 5.13 Å². The van der Waals surface area contributed by atoms with E-state index in [1.807, 2.05) is 31.5 Å². The van der Waals surface area contributed by atoms with Crippen LogP contribution < -0.4 is 10.6 Å². The Balaban J connectivity index is 1.78. The summed E-state index contributed by atoms with van der Waals surface area (Å²) in [6.07, 6.45) is 5.72. The highest BCUT2D eigenvalue weighted by Crippen LogP contribution is 2.30. The molecule has 0 aliphatic heterocycles. The number of carbonyl (C=O) groups excluding carboxylic acids is 1. The highest BCUT2D eigenvalue weighted by molar-refractivity contribution is 7.22. The summed E-state index contributed by atoms with van der Waals surface area (Å²) in [5, 5.41) is 6.24. The number of pyridine rings is 1. The Morgan fingerprint density at radius 2 is 2.08 bits per heavy atom. The Morgan fingerprint density at radius 1 is 1.21 bits per heavy atom. The first-order chi connectivity index (χ1) is 11.7. The first-order valence-corrected chi connectivity index (χ1v) is 8.85. The molecule has 2 heterocycles. The van der Waals surface area contributed by atoms with E-state index in [1.165, 1.54) is 11.3 Å². The van der Waals surface area contributed by atoms with Gasteiger partial charge in [0, 0.05) is 24.5 Å². The highest BCUT2D eigenvalue weighted by Gasteiger charge is 2.09. The van der Waals surface area contributed by atoms with E-state index in [1.54, 1.807) is 0 Å². The Hall–Kier alpha value is -2.47. The number of hydrogen-bond donors (Lipinski definition) is 2. The summed E-state index contributed by atoms with van der Waals surface area (Å²) in [5.74, 6) is 0. The van der Waals surface area contributed by atoms with Crippen LogP contribution in [0.25, 0.3) is 21.3 Å². The average Bonchev–Trinajstić information content (AvgIpc) is 2.96. The molecule has 0 saturated carbocycles. The smallest absolute Gasteiger partial charge is 0.321 e. The van der Waals surface area contributed by atoms with E-state index in [-0.39, 0.29) is 6.03 Å². The molecule has 0 radical (unpaired) electrons. The summed E-state index contributed by atoms with van der Waals surface area (Å²) < 4.78 is 1.04. The third-order valence-corrected chi connectivity index (χ3v) is 4.57. The molecule has 0 unspecified atom stereocenters. The standard InChI is InChI=1S/C18H20N4OS/c1-3-4-7-20-17(23)22-18-21-15-6-5-13(9-16(15)24-18)14-8-12(2)10-19-11-14/h5-6,8-11H,3-4,7H2,1-2H3,(H2,20,21,22,23). The molecule has 124 valence electrons. The second-order valence-electron chi connectivity index (χ2n) is 5.69. The van der Waals surface area contributed by atoms with Crippen LogP contribution in [0, 0.1) is 6.92 Å². The zero-order chi connectivity index (χ0) is 16.9. The molecule has 2 amide bonds. The lowest BCUT2D eigenvalue weighted by atomic mass is 10.1. The molecular weight excluding hydrogens is 320 g/mol. The van der Waals surface area contributed by atoms with Gasteiger partial charge in [0.2, 0.25) is 0 Å². The number of fused-ring (bicyclic) bond motifs is 1. The lowest BCUT2D eigenvalue weighted by Gasteiger charge is -2.03. The number of carbonyl (C=O) groups is 1. The number of aryl methyl sites for hydroxylation is 1. The van der Waals surface area contributed by atoms with Crippen LogP contribution in [0.2, 0.25) is 0 Å². The van der Waals surface area contributed by atoms with Crippen molar-refractivity contribution in [2.75, 3.05) is 11.9 Å². The van der Waals surface area contributed by atoms with E-state index in [0.717, 1.165) is 39.7 Å². The number of benzene rings is 1. The minimum absolute atomic E-state index is 0.203. The molecule has 1 aromatic carbocycles. The normalized spacial score (nSPS) is 10.8. The van der Waals surface area contributed by atoms with Crippen LogP contribution in [-0.2, 0) is 0 Å². The highest BCUT2D eigenvalue weighted by atomic mass is 32.1. The number of amides is 2. The molecular formula is C18H20N4OS. The lowest BCUT2D eigenvalue weighted by molar-refractivity contribution is 0.252. The molecule has 3 aromatic rings. The van der Waals surface area contributed by atoms with Crippen molar-refractivity contribution in [1.82, 2.24) is 15.3 Å². The molecule has 0 bridgehead atoms. The number of nitrogens with zero attached hydrogens (tertiary/aromatic N) is 2. The average molecular weight is 340 g/mol. The zero-order valence-corrected chi connectivity index (χ0v) is 14.6. The summed E-state index contributed by atoms with van der Waals surface area (Å²) >= 11 is 1.47. The molecule has 0 fully saturated rings. The van der Waals surface area contributed by atoms with E-state index in [9.17, 15) is 4.79 Å². The Kier molecular flexibility index (Phi) is 5.05. The van der Waals surface area contributed by atoms with Crippen molar-refractivity contribution in [2.45, 2.75) is 26.7 Å². The van der Waals surface area contributed by atoms with Gasteiger partial charge in [0.05, 0.1) is 10.2 Å². The third-order valence-electron chi connectivity index (χ3n) is 3.63. The molecule has 6 heteroatoms. The van der Waals surface area contributed by atoms with E-state index in [4.69, 9.17) is 0 Å². The number of hydrogen-bond acceptors (Lipinski definition) is 4. The first kappa shape index (κ1) is 16.4. The molecule has 0 atom stereocenters. The molecule has 5 nitrogen and oxygen atoms in total. The van der Waals surface area contributed by atoms with Crippen LogP contribution >= 0.6 is 11.3 Å². The Bertz CT molecular complexity index is 859. The summed E-state index contributed by atoms with van der Waals surface area (Å²) in [5.41, 5.74) is 4.19. The minimum atomic E-state index is -0.203. The van der Waals surface area contributed by atoms with Gasteiger partial charge in [-0.15, -0.1) is 0 Å². The second kappa shape index (κ2) is 7.40. The van der Waals surface area contributed by atoms with Crippen LogP contribution in [0.1, 0.15) is 25.3 Å². The Morgan fingerprint density at radius 3 is 2.88 bits per heavy atom. The molecule has 0 aliphatic rings. The molecule has 0 saturated heterocycles. The van der Waals surface area contributed by atoms with Crippen LogP contribution in [0.15, 0.2) is 36.7 Å². The molecule has 2 N–H and O–H groups in total. The maximum Gasteiger partial charge on any atom is 0.321 e. The number of rotatable bonds is 5. The number of urea groups is 1. The van der Waals surface area contributed by atoms with Gasteiger partial charge in [-0.3, -0.25) is 10.3 Å². The number of nitrogens with one attached hydrogen (secondary N) is 2. The van der Waals surface area contributed by atoms with E-state index in [2.05, 4.69) is 39.7 Å². The van der Waals surface area contributed by atoms with Gasteiger partial charge in [0.1, 0.15) is 0 Å². The van der Waals surface area contributed by atoms with Gasteiger partial charge < -0.3 is 5.32 Å². The van der Waals surface area contributed by atoms with Crippen molar-refractivity contribution in [3.63, 3.8) is 0 Å². The predicted octanol–water partition coefficient (Wildman–Crippen LogP) is 4.59. The van der Waals surface area contributed by atoms with Crippen molar-refractivity contribution in [3.05, 3.63) is 42.2 Å². The zero-order valence-electron chi connectivity index (χ0n) is 13.8. The third kappa shape index (κ3) is 3.89. The largest absolute Gasteiger partial charge is 0.338 e. The molecule has 24 heavy (non-hydrogen) atoms. The second-order valence-corrected chi connectivity index (χ2v) is 6.72. The van der Waals surface area contributed by atoms with Gasteiger partial charge in [-0.2, -0.15) is 0 Å². The van der Waals surface area contributed by atoms with Crippen LogP contribution in [0.4, 0.5) is 9.93 Å². The van der Waals surface area contributed by atoms with E-state index < -0.39 is 0 Å². The minimum Gasteiger partial charge on any atom is -0.338 e. The maximum absolute atomic E-state index is 11.8.